The predicted molar refractivity (Wildman–Crippen MR) is 116 cm³/mol. The zero-order chi connectivity index (χ0) is 19.4. The normalized spacial score (nSPS) is 23.1. The van der Waals surface area contributed by atoms with Crippen LogP contribution in [0.25, 0.3) is 17.0 Å². The Morgan fingerprint density at radius 3 is 2.21 bits per heavy atom. The number of nitrogens with zero attached hydrogens (tertiary/aromatic N) is 1. The highest BCUT2D eigenvalue weighted by atomic mass is 16.1. The Labute approximate surface area is 168 Å². The van der Waals surface area contributed by atoms with Crippen molar-refractivity contribution >= 4 is 22.8 Å². The standard InChI is InChI=1S/C26H31NO/c1-3-10-19-18(2)11-12-20-22-21(17-27-23(19)20)25(13-6-4-7-14-25)24(28)26(22)15-8-5-9-16-26/h3,10-12,17H,4-9,13-16H2,1-2H3. The van der Waals surface area contributed by atoms with Crippen LogP contribution in [-0.2, 0) is 15.6 Å². The Kier molecular flexibility index (Phi) is 4.23. The monoisotopic (exact) mass is 373 g/mol. The molecule has 5 rings (SSSR count). The average Bonchev–Trinajstić information content (AvgIpc) is 2.92. The summed E-state index contributed by atoms with van der Waals surface area (Å²) in [5, 5.41) is 1.24. The first-order chi connectivity index (χ1) is 13.6. The fraction of sp³-hybridized carbons (Fsp3) is 0.538. The molecule has 0 atom stereocenters. The Morgan fingerprint density at radius 2 is 1.57 bits per heavy atom. The van der Waals surface area contributed by atoms with Gasteiger partial charge in [0.25, 0.3) is 0 Å². The van der Waals surface area contributed by atoms with Gasteiger partial charge in [0.05, 0.1) is 16.3 Å². The number of carbonyl (C=O) groups excluding carboxylic acids is 1. The second-order valence-corrected chi connectivity index (χ2v) is 9.35. The van der Waals surface area contributed by atoms with E-state index >= 15 is 0 Å². The lowest BCUT2D eigenvalue weighted by Crippen LogP contribution is -2.44. The van der Waals surface area contributed by atoms with Gasteiger partial charge in [-0.2, -0.15) is 0 Å². The summed E-state index contributed by atoms with van der Waals surface area (Å²) in [6, 6.07) is 4.49. The molecular weight excluding hydrogens is 342 g/mol. The molecule has 2 fully saturated rings. The largest absolute Gasteiger partial charge is 0.298 e. The summed E-state index contributed by atoms with van der Waals surface area (Å²) in [4.78, 5) is 19.2. The van der Waals surface area contributed by atoms with Crippen molar-refractivity contribution in [2.75, 3.05) is 0 Å². The summed E-state index contributed by atoms with van der Waals surface area (Å²) >= 11 is 0. The zero-order valence-electron chi connectivity index (χ0n) is 17.3. The number of carbonyl (C=O) groups is 1. The van der Waals surface area contributed by atoms with E-state index < -0.39 is 0 Å². The summed E-state index contributed by atoms with van der Waals surface area (Å²) in [5.41, 5.74) is 5.71. The first-order valence-corrected chi connectivity index (χ1v) is 11.2. The Balaban J connectivity index is 1.85. The van der Waals surface area contributed by atoms with Crippen molar-refractivity contribution in [3.05, 3.63) is 46.7 Å². The van der Waals surface area contributed by atoms with Gasteiger partial charge in [-0.05, 0) is 56.2 Å². The van der Waals surface area contributed by atoms with E-state index in [-0.39, 0.29) is 10.8 Å². The number of hydrogen-bond donors (Lipinski definition) is 0. The number of ketones is 1. The predicted octanol–water partition coefficient (Wildman–Crippen LogP) is 6.56. The molecular formula is C26H31NO. The first-order valence-electron chi connectivity index (χ1n) is 11.2. The number of hydrogen-bond acceptors (Lipinski definition) is 2. The molecule has 0 bridgehead atoms. The molecule has 0 radical (unpaired) electrons. The SMILES string of the molecule is CC=Cc1c(C)ccc2c3c(cnc12)C1(CCCCC1)C(=O)C31CCCCC1. The van der Waals surface area contributed by atoms with Crippen molar-refractivity contribution in [3.63, 3.8) is 0 Å². The van der Waals surface area contributed by atoms with Crippen molar-refractivity contribution in [1.29, 1.82) is 0 Å². The molecule has 0 saturated heterocycles. The number of fused-ring (bicyclic) bond motifs is 5. The van der Waals surface area contributed by atoms with Crippen LogP contribution in [0.5, 0.6) is 0 Å². The minimum atomic E-state index is -0.255. The smallest absolute Gasteiger partial charge is 0.153 e. The summed E-state index contributed by atoms with van der Waals surface area (Å²) in [6.07, 6.45) is 17.8. The van der Waals surface area contributed by atoms with Crippen LogP contribution < -0.4 is 0 Å². The van der Waals surface area contributed by atoms with Gasteiger partial charge in [-0.25, -0.2) is 0 Å². The first kappa shape index (κ1) is 18.1. The second-order valence-electron chi connectivity index (χ2n) is 9.35. The number of aromatic nitrogens is 1. The van der Waals surface area contributed by atoms with Crippen molar-refractivity contribution in [3.8, 4) is 0 Å². The van der Waals surface area contributed by atoms with Crippen LogP contribution in [0.2, 0.25) is 0 Å². The average molecular weight is 374 g/mol. The number of rotatable bonds is 1. The van der Waals surface area contributed by atoms with Gasteiger partial charge >= 0.3 is 0 Å². The van der Waals surface area contributed by atoms with Gasteiger partial charge in [0.2, 0.25) is 0 Å². The molecule has 2 spiro atoms. The van der Waals surface area contributed by atoms with E-state index in [1.807, 2.05) is 0 Å². The van der Waals surface area contributed by atoms with Crippen LogP contribution >= 0.6 is 0 Å². The molecule has 2 heteroatoms. The van der Waals surface area contributed by atoms with E-state index in [1.165, 1.54) is 66.2 Å². The summed E-state index contributed by atoms with van der Waals surface area (Å²) in [5.74, 6) is 0.553. The van der Waals surface area contributed by atoms with E-state index in [0.29, 0.717) is 5.78 Å². The minimum Gasteiger partial charge on any atom is -0.298 e. The third-order valence-electron chi connectivity index (χ3n) is 7.91. The molecule has 3 aliphatic carbocycles. The van der Waals surface area contributed by atoms with Crippen molar-refractivity contribution in [2.45, 2.75) is 88.9 Å². The maximum atomic E-state index is 14.2. The van der Waals surface area contributed by atoms with Crippen LogP contribution in [0, 0.1) is 6.92 Å². The molecule has 0 amide bonds. The van der Waals surface area contributed by atoms with E-state index in [0.717, 1.165) is 31.2 Å². The molecule has 1 aromatic heterocycles. The lowest BCUT2D eigenvalue weighted by Gasteiger charge is -2.38. The Bertz CT molecular complexity index is 972. The highest BCUT2D eigenvalue weighted by Gasteiger charge is 2.60. The van der Waals surface area contributed by atoms with E-state index in [4.69, 9.17) is 4.98 Å². The quantitative estimate of drug-likeness (QED) is 0.566. The van der Waals surface area contributed by atoms with Crippen LogP contribution in [0.4, 0.5) is 0 Å². The topological polar surface area (TPSA) is 30.0 Å². The van der Waals surface area contributed by atoms with E-state index in [1.54, 1.807) is 0 Å². The minimum absolute atomic E-state index is 0.252. The van der Waals surface area contributed by atoms with E-state index in [9.17, 15) is 4.79 Å². The molecule has 0 aliphatic heterocycles. The molecule has 0 N–H and O–H groups in total. The summed E-state index contributed by atoms with van der Waals surface area (Å²) in [7, 11) is 0. The van der Waals surface area contributed by atoms with Gasteiger partial charge in [0.1, 0.15) is 0 Å². The lowest BCUT2D eigenvalue weighted by atomic mass is 9.63. The molecule has 28 heavy (non-hydrogen) atoms. The van der Waals surface area contributed by atoms with Crippen molar-refractivity contribution < 1.29 is 4.79 Å². The Morgan fingerprint density at radius 1 is 0.929 bits per heavy atom. The molecule has 1 heterocycles. The van der Waals surface area contributed by atoms with E-state index in [2.05, 4.69) is 44.3 Å². The molecule has 1 aromatic carbocycles. The van der Waals surface area contributed by atoms with Crippen LogP contribution in [0.3, 0.4) is 0 Å². The maximum Gasteiger partial charge on any atom is 0.153 e. The molecule has 2 aromatic rings. The number of Topliss-reactive ketones (excluding diaryl/α,β-unsaturated/α-hetero) is 1. The lowest BCUT2D eigenvalue weighted by molar-refractivity contribution is -0.131. The van der Waals surface area contributed by atoms with Crippen LogP contribution in [0.15, 0.2) is 24.4 Å². The fourth-order valence-corrected chi connectivity index (χ4v) is 6.62. The zero-order valence-corrected chi connectivity index (χ0v) is 17.3. The number of allylic oxidation sites excluding steroid dienone is 1. The van der Waals surface area contributed by atoms with Crippen LogP contribution in [0.1, 0.15) is 93.4 Å². The van der Waals surface area contributed by atoms with Gasteiger partial charge in [0, 0.05) is 17.1 Å². The number of benzene rings is 1. The van der Waals surface area contributed by atoms with Gasteiger partial charge in [-0.1, -0.05) is 62.8 Å². The second kappa shape index (κ2) is 6.54. The third kappa shape index (κ3) is 2.27. The van der Waals surface area contributed by atoms with Crippen molar-refractivity contribution in [1.82, 2.24) is 4.98 Å². The summed E-state index contributed by atoms with van der Waals surface area (Å²) < 4.78 is 0. The van der Waals surface area contributed by atoms with Crippen molar-refractivity contribution in [2.24, 2.45) is 0 Å². The van der Waals surface area contributed by atoms with Gasteiger partial charge in [0.15, 0.2) is 5.78 Å². The third-order valence-corrected chi connectivity index (χ3v) is 7.91. The molecule has 3 aliphatic rings. The van der Waals surface area contributed by atoms with Gasteiger partial charge < -0.3 is 0 Å². The van der Waals surface area contributed by atoms with Crippen LogP contribution in [-0.4, -0.2) is 10.8 Å². The molecule has 2 saturated carbocycles. The Hall–Kier alpha value is -1.96. The maximum absolute atomic E-state index is 14.2. The fourth-order valence-electron chi connectivity index (χ4n) is 6.62. The number of aryl methyl sites for hydroxylation is 1. The van der Waals surface area contributed by atoms with Gasteiger partial charge in [-0.3, -0.25) is 9.78 Å². The highest BCUT2D eigenvalue weighted by molar-refractivity contribution is 6.09. The summed E-state index contributed by atoms with van der Waals surface area (Å²) in [6.45, 7) is 4.22. The molecule has 146 valence electrons. The van der Waals surface area contributed by atoms with Gasteiger partial charge in [-0.15, -0.1) is 0 Å². The molecule has 2 nitrogen and oxygen atoms in total. The number of pyridine rings is 1. The molecule has 0 unspecified atom stereocenters. The highest BCUT2D eigenvalue weighted by Crippen LogP contribution is 2.59.